The molecule has 7 heteroatoms. The summed E-state index contributed by atoms with van der Waals surface area (Å²) in [6, 6.07) is 1.06. The zero-order chi connectivity index (χ0) is 16.5. The number of aromatic nitrogens is 1. The number of H-pyrrole nitrogens is 1. The van der Waals surface area contributed by atoms with E-state index in [0.29, 0.717) is 18.7 Å². The van der Waals surface area contributed by atoms with E-state index in [-0.39, 0.29) is 18.4 Å². The summed E-state index contributed by atoms with van der Waals surface area (Å²) in [6.45, 7) is 7.66. The molecule has 1 amide bonds. The van der Waals surface area contributed by atoms with Crippen molar-refractivity contribution >= 4 is 6.09 Å². The summed E-state index contributed by atoms with van der Waals surface area (Å²) in [5, 5.41) is 0. The smallest absolute Gasteiger partial charge is 0.410 e. The number of ether oxygens (including phenoxy) is 2. The van der Waals surface area contributed by atoms with Gasteiger partial charge in [-0.05, 0) is 27.2 Å². The topological polar surface area (TPSA) is 71.6 Å². The number of nitrogens with zero attached hydrogens (tertiary/aromatic N) is 1. The number of carbonyl (C=O) groups excluding carboxylic acids is 1. The van der Waals surface area contributed by atoms with Crippen molar-refractivity contribution < 1.29 is 18.7 Å². The van der Waals surface area contributed by atoms with Crippen molar-refractivity contribution in [2.45, 2.75) is 52.4 Å². The van der Waals surface area contributed by atoms with Crippen LogP contribution in [0.2, 0.25) is 0 Å². The standard InChI is InChI=1S/C15H21FN2O4/c1-5-9-7-18(14(20)22-15(2,3)4)8-11-12(21-9)6-10(16)13(19)17-11/h6,9H,5,7-8H2,1-4H3,(H,17,19)/t9-/m1/s1. The molecule has 1 aliphatic heterocycles. The largest absolute Gasteiger partial charge is 0.487 e. The molecule has 1 N–H and O–H groups in total. The third-order valence-electron chi connectivity index (χ3n) is 3.21. The van der Waals surface area contributed by atoms with E-state index in [1.807, 2.05) is 6.92 Å². The Balaban J connectivity index is 2.32. The van der Waals surface area contributed by atoms with E-state index < -0.39 is 23.1 Å². The van der Waals surface area contributed by atoms with Gasteiger partial charge in [0.15, 0.2) is 5.82 Å². The molecule has 22 heavy (non-hydrogen) atoms. The van der Waals surface area contributed by atoms with E-state index in [4.69, 9.17) is 9.47 Å². The van der Waals surface area contributed by atoms with Gasteiger partial charge in [-0.15, -0.1) is 0 Å². The van der Waals surface area contributed by atoms with Crippen LogP contribution in [0.3, 0.4) is 0 Å². The van der Waals surface area contributed by atoms with Crippen molar-refractivity contribution in [2.75, 3.05) is 6.54 Å². The Labute approximate surface area is 128 Å². The number of nitrogens with one attached hydrogen (secondary N) is 1. The summed E-state index contributed by atoms with van der Waals surface area (Å²) in [7, 11) is 0. The lowest BCUT2D eigenvalue weighted by atomic mass is 10.2. The molecule has 0 spiro atoms. The SMILES string of the molecule is CC[C@@H]1CN(C(=O)OC(C)(C)C)Cc2[nH]c(=O)c(F)cc2O1. The molecule has 0 saturated heterocycles. The molecular weight excluding hydrogens is 291 g/mol. The predicted molar refractivity (Wildman–Crippen MR) is 78.4 cm³/mol. The van der Waals surface area contributed by atoms with Crippen LogP contribution in [0.1, 0.15) is 39.8 Å². The zero-order valence-corrected chi connectivity index (χ0v) is 13.2. The molecule has 2 rings (SSSR count). The van der Waals surface area contributed by atoms with Crippen LogP contribution in [0.5, 0.6) is 5.75 Å². The number of hydrogen-bond donors (Lipinski definition) is 1. The quantitative estimate of drug-likeness (QED) is 0.864. The second kappa shape index (κ2) is 5.98. The van der Waals surface area contributed by atoms with Crippen molar-refractivity contribution in [2.24, 2.45) is 0 Å². The first-order chi connectivity index (χ1) is 10.2. The van der Waals surface area contributed by atoms with Crippen LogP contribution in [0.4, 0.5) is 9.18 Å². The molecule has 0 saturated carbocycles. The summed E-state index contributed by atoms with van der Waals surface area (Å²) in [5.41, 5.74) is -1.08. The Hall–Kier alpha value is -2.05. The second-order valence-corrected chi connectivity index (χ2v) is 6.30. The van der Waals surface area contributed by atoms with Crippen molar-refractivity contribution in [3.63, 3.8) is 0 Å². The van der Waals surface area contributed by atoms with Crippen LogP contribution in [0.15, 0.2) is 10.9 Å². The fourth-order valence-corrected chi connectivity index (χ4v) is 2.14. The highest BCUT2D eigenvalue weighted by Gasteiger charge is 2.29. The number of carbonyl (C=O) groups is 1. The molecule has 0 radical (unpaired) electrons. The maximum absolute atomic E-state index is 13.4. The number of halogens is 1. The fourth-order valence-electron chi connectivity index (χ4n) is 2.14. The molecule has 0 bridgehead atoms. The van der Waals surface area contributed by atoms with Crippen LogP contribution in [0.25, 0.3) is 0 Å². The van der Waals surface area contributed by atoms with Crippen molar-refractivity contribution in [3.8, 4) is 5.75 Å². The summed E-state index contributed by atoms with van der Waals surface area (Å²) >= 11 is 0. The zero-order valence-electron chi connectivity index (χ0n) is 13.2. The molecular formula is C15H21FN2O4. The molecule has 0 fully saturated rings. The van der Waals surface area contributed by atoms with Crippen molar-refractivity contribution in [1.29, 1.82) is 0 Å². The molecule has 1 aromatic heterocycles. The van der Waals surface area contributed by atoms with Gasteiger partial charge >= 0.3 is 6.09 Å². The maximum Gasteiger partial charge on any atom is 0.410 e. The van der Waals surface area contributed by atoms with Crippen molar-refractivity contribution in [3.05, 3.63) is 27.9 Å². The summed E-state index contributed by atoms with van der Waals surface area (Å²) in [6.07, 6.45) is -0.147. The van der Waals surface area contributed by atoms with Crippen molar-refractivity contribution in [1.82, 2.24) is 9.88 Å². The van der Waals surface area contributed by atoms with Crippen LogP contribution in [0, 0.1) is 5.82 Å². The van der Waals surface area contributed by atoms with E-state index in [0.717, 1.165) is 6.07 Å². The lowest BCUT2D eigenvalue weighted by molar-refractivity contribution is 0.0176. The van der Waals surface area contributed by atoms with E-state index in [2.05, 4.69) is 4.98 Å². The highest BCUT2D eigenvalue weighted by atomic mass is 19.1. The Morgan fingerprint density at radius 3 is 2.82 bits per heavy atom. The van der Waals surface area contributed by atoms with Crippen LogP contribution in [-0.4, -0.2) is 34.2 Å². The molecule has 1 aliphatic rings. The molecule has 0 unspecified atom stereocenters. The third-order valence-corrected chi connectivity index (χ3v) is 3.21. The predicted octanol–water partition coefficient (Wildman–Crippen LogP) is 2.42. The Morgan fingerprint density at radius 2 is 2.23 bits per heavy atom. The average Bonchev–Trinajstić information content (AvgIpc) is 2.57. The summed E-state index contributed by atoms with van der Waals surface area (Å²) in [4.78, 5) is 27.6. The average molecular weight is 312 g/mol. The van der Waals surface area contributed by atoms with Gasteiger partial charge < -0.3 is 14.5 Å². The highest BCUT2D eigenvalue weighted by molar-refractivity contribution is 5.68. The lowest BCUT2D eigenvalue weighted by Crippen LogP contribution is -2.40. The molecule has 1 atom stereocenters. The molecule has 1 aromatic rings. The Bertz CT molecular complexity index is 621. The van der Waals surface area contributed by atoms with E-state index >= 15 is 0 Å². The second-order valence-electron chi connectivity index (χ2n) is 6.30. The number of hydrogen-bond acceptors (Lipinski definition) is 4. The number of rotatable bonds is 1. The molecule has 2 heterocycles. The minimum absolute atomic E-state index is 0.107. The number of aromatic amines is 1. The Morgan fingerprint density at radius 1 is 1.55 bits per heavy atom. The molecule has 0 aromatic carbocycles. The lowest BCUT2D eigenvalue weighted by Gasteiger charge is -2.27. The minimum Gasteiger partial charge on any atom is -0.487 e. The fraction of sp³-hybridized carbons (Fsp3) is 0.600. The first-order valence-electron chi connectivity index (χ1n) is 7.26. The van der Waals surface area contributed by atoms with Crippen LogP contribution >= 0.6 is 0 Å². The monoisotopic (exact) mass is 312 g/mol. The van der Waals surface area contributed by atoms with E-state index in [9.17, 15) is 14.0 Å². The first-order valence-corrected chi connectivity index (χ1v) is 7.26. The normalized spacial score (nSPS) is 18.2. The van der Waals surface area contributed by atoms with Gasteiger partial charge in [0.25, 0.3) is 5.56 Å². The van der Waals surface area contributed by atoms with Gasteiger partial charge in [0.1, 0.15) is 17.5 Å². The molecule has 0 aliphatic carbocycles. The minimum atomic E-state index is -0.903. The van der Waals surface area contributed by atoms with Gasteiger partial charge in [-0.2, -0.15) is 0 Å². The maximum atomic E-state index is 13.4. The Kier molecular flexibility index (Phi) is 4.44. The number of amides is 1. The summed E-state index contributed by atoms with van der Waals surface area (Å²) in [5.74, 6) is -0.644. The third kappa shape index (κ3) is 3.78. The van der Waals surface area contributed by atoms with Gasteiger partial charge in [0, 0.05) is 6.07 Å². The van der Waals surface area contributed by atoms with Gasteiger partial charge in [-0.1, -0.05) is 6.92 Å². The number of fused-ring (bicyclic) bond motifs is 1. The van der Waals surface area contributed by atoms with Gasteiger partial charge in [0.2, 0.25) is 0 Å². The van der Waals surface area contributed by atoms with E-state index in [1.54, 1.807) is 20.8 Å². The molecule has 122 valence electrons. The van der Waals surface area contributed by atoms with Gasteiger partial charge in [-0.25, -0.2) is 9.18 Å². The van der Waals surface area contributed by atoms with Crippen LogP contribution < -0.4 is 10.3 Å². The first kappa shape index (κ1) is 16.3. The summed E-state index contributed by atoms with van der Waals surface area (Å²) < 4.78 is 24.5. The van der Waals surface area contributed by atoms with E-state index in [1.165, 1.54) is 4.90 Å². The highest BCUT2D eigenvalue weighted by Crippen LogP contribution is 2.25. The molecule has 6 nitrogen and oxygen atoms in total. The van der Waals surface area contributed by atoms with Crippen LogP contribution in [-0.2, 0) is 11.3 Å². The number of pyridine rings is 1. The van der Waals surface area contributed by atoms with Gasteiger partial charge in [0.05, 0.1) is 18.8 Å². The van der Waals surface area contributed by atoms with Gasteiger partial charge in [-0.3, -0.25) is 9.69 Å².